The molecule has 0 atom stereocenters. The highest BCUT2D eigenvalue weighted by atomic mass is 35.5. The molecule has 0 amide bonds. The first-order chi connectivity index (χ1) is 11.2. The smallest absolute Gasteiger partial charge is 0.223 e. The van der Waals surface area contributed by atoms with Crippen molar-refractivity contribution in [3.63, 3.8) is 0 Å². The minimum Gasteiger partial charge on any atom is -0.353 e. The number of nitrogens with one attached hydrogen (secondary N) is 2. The average molecular weight is 334 g/mol. The number of fused-ring (bicyclic) bond motifs is 1. The van der Waals surface area contributed by atoms with E-state index in [1.165, 1.54) is 18.5 Å². The number of hydrogen-bond donors (Lipinski definition) is 3. The van der Waals surface area contributed by atoms with Crippen LogP contribution < -0.4 is 16.4 Å². The molecule has 0 aliphatic carbocycles. The average Bonchev–Trinajstić information content (AvgIpc) is 2.56. The number of hydrogen-bond acceptors (Lipinski definition) is 7. The van der Waals surface area contributed by atoms with Gasteiger partial charge in [-0.1, -0.05) is 11.6 Å². The summed E-state index contributed by atoms with van der Waals surface area (Å²) in [5, 5.41) is 6.07. The molecule has 0 aliphatic heterocycles. The lowest BCUT2D eigenvalue weighted by Crippen LogP contribution is -2.15. The van der Waals surface area contributed by atoms with Crippen LogP contribution in [0.15, 0.2) is 30.7 Å². The Labute approximate surface area is 136 Å². The molecular formula is C14H13ClFN7. The minimum absolute atomic E-state index is 0.0216. The van der Waals surface area contributed by atoms with Gasteiger partial charge in [-0.25, -0.2) is 24.3 Å². The molecule has 0 spiro atoms. The Kier molecular flexibility index (Phi) is 4.45. The van der Waals surface area contributed by atoms with Gasteiger partial charge in [-0.15, -0.1) is 0 Å². The predicted octanol–water partition coefficient (Wildman–Crippen LogP) is 2.33. The lowest BCUT2D eigenvalue weighted by atomic mass is 10.3. The number of rotatable bonds is 5. The van der Waals surface area contributed by atoms with Crippen LogP contribution in [0.4, 0.5) is 21.8 Å². The number of halogens is 2. The summed E-state index contributed by atoms with van der Waals surface area (Å²) in [5.41, 5.74) is 7.15. The van der Waals surface area contributed by atoms with Crippen LogP contribution in [0.3, 0.4) is 0 Å². The number of benzene rings is 1. The van der Waals surface area contributed by atoms with Gasteiger partial charge in [0.2, 0.25) is 5.95 Å². The molecule has 23 heavy (non-hydrogen) atoms. The summed E-state index contributed by atoms with van der Waals surface area (Å²) in [6.45, 7) is 1.02. The van der Waals surface area contributed by atoms with Gasteiger partial charge in [-0.2, -0.15) is 0 Å². The van der Waals surface area contributed by atoms with Gasteiger partial charge in [0.1, 0.15) is 23.2 Å². The molecule has 9 heteroatoms. The number of nitrogens with two attached hydrogens (primary N) is 1. The summed E-state index contributed by atoms with van der Waals surface area (Å²) in [6, 6.07) is 4.31. The van der Waals surface area contributed by atoms with Crippen LogP contribution in [0, 0.1) is 5.82 Å². The van der Waals surface area contributed by atoms with E-state index in [0.29, 0.717) is 41.6 Å². The van der Waals surface area contributed by atoms with E-state index in [1.807, 2.05) is 0 Å². The second-order valence-electron chi connectivity index (χ2n) is 4.62. The van der Waals surface area contributed by atoms with Gasteiger partial charge in [-0.3, -0.25) is 0 Å². The van der Waals surface area contributed by atoms with E-state index in [-0.39, 0.29) is 5.02 Å². The van der Waals surface area contributed by atoms with Crippen molar-refractivity contribution in [2.75, 3.05) is 23.7 Å². The Hall–Kier alpha value is -2.58. The molecule has 118 valence electrons. The number of nitrogens with zero attached hydrogens (tertiary/aromatic N) is 4. The molecule has 2 heterocycles. The molecule has 4 N–H and O–H groups in total. The number of aromatic nitrogens is 4. The summed E-state index contributed by atoms with van der Waals surface area (Å²) < 4.78 is 13.2. The van der Waals surface area contributed by atoms with E-state index in [4.69, 9.17) is 17.3 Å². The molecule has 1 aromatic carbocycles. The van der Waals surface area contributed by atoms with Crippen LogP contribution in [-0.2, 0) is 0 Å². The Bertz CT molecular complexity index is 842. The van der Waals surface area contributed by atoms with Gasteiger partial charge < -0.3 is 16.4 Å². The van der Waals surface area contributed by atoms with Crippen molar-refractivity contribution in [3.05, 3.63) is 41.6 Å². The fourth-order valence-corrected chi connectivity index (χ4v) is 2.11. The van der Waals surface area contributed by atoms with Gasteiger partial charge in [0.25, 0.3) is 0 Å². The van der Waals surface area contributed by atoms with Crippen LogP contribution >= 0.6 is 11.6 Å². The Morgan fingerprint density at radius 3 is 2.87 bits per heavy atom. The van der Waals surface area contributed by atoms with Gasteiger partial charge >= 0.3 is 0 Å². The summed E-state index contributed by atoms with van der Waals surface area (Å²) in [6.07, 6.45) is 2.98. The van der Waals surface area contributed by atoms with E-state index < -0.39 is 5.82 Å². The lowest BCUT2D eigenvalue weighted by molar-refractivity contribution is 0.628. The largest absolute Gasteiger partial charge is 0.353 e. The summed E-state index contributed by atoms with van der Waals surface area (Å²) in [7, 11) is 0. The fourth-order valence-electron chi connectivity index (χ4n) is 1.93. The van der Waals surface area contributed by atoms with Crippen molar-refractivity contribution < 1.29 is 4.39 Å². The first-order valence-electron chi connectivity index (χ1n) is 6.81. The van der Waals surface area contributed by atoms with Gasteiger partial charge in [0.15, 0.2) is 5.82 Å². The van der Waals surface area contributed by atoms with E-state index in [2.05, 4.69) is 30.6 Å². The molecule has 3 rings (SSSR count). The van der Waals surface area contributed by atoms with Crippen LogP contribution in [0.2, 0.25) is 5.02 Å². The Balaban J connectivity index is 1.97. The van der Waals surface area contributed by atoms with Crippen LogP contribution in [0.25, 0.3) is 11.0 Å². The number of anilines is 3. The zero-order valence-corrected chi connectivity index (χ0v) is 12.7. The molecule has 0 aliphatic rings. The predicted molar refractivity (Wildman–Crippen MR) is 87.4 cm³/mol. The maximum atomic E-state index is 13.2. The third kappa shape index (κ3) is 3.43. The highest BCUT2D eigenvalue weighted by Gasteiger charge is 2.09. The first-order valence-corrected chi connectivity index (χ1v) is 7.19. The molecule has 0 radical (unpaired) electrons. The fraction of sp³-hybridized carbons (Fsp3) is 0.143. The van der Waals surface area contributed by atoms with Crippen molar-refractivity contribution in [3.8, 4) is 0 Å². The maximum Gasteiger partial charge on any atom is 0.223 e. The molecule has 3 aromatic rings. The molecule has 0 saturated heterocycles. The maximum absolute atomic E-state index is 13.2. The van der Waals surface area contributed by atoms with E-state index in [1.54, 1.807) is 12.3 Å². The van der Waals surface area contributed by atoms with Crippen LogP contribution in [0.1, 0.15) is 0 Å². The van der Waals surface area contributed by atoms with Crippen LogP contribution in [0.5, 0.6) is 0 Å². The summed E-state index contributed by atoms with van der Waals surface area (Å²) in [4.78, 5) is 16.8. The van der Waals surface area contributed by atoms with Gasteiger partial charge in [-0.05, 0) is 18.2 Å². The molecule has 2 aromatic heterocycles. The molecule has 7 nitrogen and oxygen atoms in total. The minimum atomic E-state index is -0.486. The normalized spacial score (nSPS) is 10.7. The molecule has 0 unspecified atom stereocenters. The summed E-state index contributed by atoms with van der Waals surface area (Å²) in [5.74, 6) is 0.411. The lowest BCUT2D eigenvalue weighted by Gasteiger charge is -2.09. The zero-order valence-electron chi connectivity index (χ0n) is 11.9. The third-order valence-electron chi connectivity index (χ3n) is 2.99. The summed E-state index contributed by atoms with van der Waals surface area (Å²) >= 11 is 5.79. The Morgan fingerprint density at radius 1 is 1.22 bits per heavy atom. The molecule has 0 bridgehead atoms. The highest BCUT2D eigenvalue weighted by Crippen LogP contribution is 2.25. The van der Waals surface area contributed by atoms with Crippen molar-refractivity contribution in [2.24, 2.45) is 5.73 Å². The van der Waals surface area contributed by atoms with Crippen molar-refractivity contribution in [1.82, 2.24) is 19.9 Å². The van der Waals surface area contributed by atoms with E-state index in [9.17, 15) is 4.39 Å². The molecular weight excluding hydrogens is 321 g/mol. The van der Waals surface area contributed by atoms with E-state index in [0.717, 1.165) is 0 Å². The molecule has 0 fully saturated rings. The SMILES string of the molecule is NCCNc1ncc2ncnc(Nc3ccc(F)c(Cl)c3)c2n1. The third-order valence-corrected chi connectivity index (χ3v) is 3.28. The molecule has 0 saturated carbocycles. The second kappa shape index (κ2) is 6.67. The Morgan fingerprint density at radius 2 is 2.09 bits per heavy atom. The topological polar surface area (TPSA) is 102 Å². The van der Waals surface area contributed by atoms with Crippen molar-refractivity contribution in [1.29, 1.82) is 0 Å². The van der Waals surface area contributed by atoms with Gasteiger partial charge in [0, 0.05) is 18.8 Å². The second-order valence-corrected chi connectivity index (χ2v) is 5.03. The van der Waals surface area contributed by atoms with E-state index >= 15 is 0 Å². The highest BCUT2D eigenvalue weighted by molar-refractivity contribution is 6.31. The zero-order chi connectivity index (χ0) is 16.2. The van der Waals surface area contributed by atoms with Crippen molar-refractivity contribution >= 4 is 40.1 Å². The monoisotopic (exact) mass is 333 g/mol. The van der Waals surface area contributed by atoms with Crippen LogP contribution in [-0.4, -0.2) is 33.0 Å². The van der Waals surface area contributed by atoms with Crippen molar-refractivity contribution in [2.45, 2.75) is 0 Å². The standard InChI is InChI=1S/C14H13ClFN7/c15-9-5-8(1-2-10(9)16)22-13-12-11(20-7-21-13)6-19-14(23-12)18-4-3-17/h1-2,5-7H,3-4,17H2,(H,18,19,23)(H,20,21,22). The van der Waals surface area contributed by atoms with Gasteiger partial charge in [0.05, 0.1) is 11.2 Å². The quantitative estimate of drug-likeness (QED) is 0.658. The first kappa shape index (κ1) is 15.3.